The molecule has 0 atom stereocenters. The molecule has 1 amide bonds. The van der Waals surface area contributed by atoms with Gasteiger partial charge in [0.25, 0.3) is 0 Å². The van der Waals surface area contributed by atoms with E-state index < -0.39 is 6.09 Å². The number of rotatable bonds is 0. The number of fused-ring (bicyclic) bond motifs is 1. The Morgan fingerprint density at radius 3 is 2.93 bits per heavy atom. The summed E-state index contributed by atoms with van der Waals surface area (Å²) in [5.41, 5.74) is 2.15. The molecule has 80 valence electrons. The van der Waals surface area contributed by atoms with Crippen molar-refractivity contribution in [1.29, 1.82) is 0 Å². The molecule has 3 nitrogen and oxygen atoms in total. The number of amides is 1. The molecule has 1 aliphatic heterocycles. The first kappa shape index (κ1) is 10.8. The number of benzene rings is 1. The minimum Gasteiger partial charge on any atom is -0.465 e. The van der Waals surface area contributed by atoms with E-state index in [9.17, 15) is 4.79 Å². The van der Waals surface area contributed by atoms with E-state index in [1.54, 1.807) is 6.07 Å². The fourth-order valence-corrected chi connectivity index (χ4v) is 2.74. The van der Waals surface area contributed by atoms with Crippen LogP contribution in [0.5, 0.6) is 0 Å². The minimum atomic E-state index is -0.873. The summed E-state index contributed by atoms with van der Waals surface area (Å²) >= 11 is 9.33. The van der Waals surface area contributed by atoms with E-state index in [1.807, 2.05) is 6.07 Å². The number of hydrogen-bond donors (Lipinski definition) is 1. The van der Waals surface area contributed by atoms with Gasteiger partial charge in [0.05, 0.1) is 6.54 Å². The molecule has 0 spiro atoms. The molecule has 1 aliphatic rings. The molecule has 2 rings (SSSR count). The molecule has 0 fully saturated rings. The van der Waals surface area contributed by atoms with Gasteiger partial charge in [-0.3, -0.25) is 0 Å². The van der Waals surface area contributed by atoms with Gasteiger partial charge in [-0.1, -0.05) is 27.5 Å². The second-order valence-corrected chi connectivity index (χ2v) is 4.77. The van der Waals surface area contributed by atoms with E-state index in [2.05, 4.69) is 15.9 Å². The van der Waals surface area contributed by atoms with Crippen molar-refractivity contribution < 1.29 is 9.90 Å². The Kier molecular flexibility index (Phi) is 2.89. The highest BCUT2D eigenvalue weighted by atomic mass is 79.9. The van der Waals surface area contributed by atoms with Crippen molar-refractivity contribution in [2.75, 3.05) is 6.54 Å². The number of carboxylic acid groups (broad SMARTS) is 1. The predicted octanol–water partition coefficient (Wildman–Crippen LogP) is 3.14. The van der Waals surface area contributed by atoms with E-state index in [0.717, 1.165) is 22.0 Å². The first-order valence-corrected chi connectivity index (χ1v) is 5.69. The SMILES string of the molecule is O=C(O)N1CCc2cc(Cl)cc(Br)c2C1. The maximum Gasteiger partial charge on any atom is 0.407 e. The van der Waals surface area contributed by atoms with Gasteiger partial charge in [-0.2, -0.15) is 0 Å². The Morgan fingerprint density at radius 1 is 1.53 bits per heavy atom. The molecule has 15 heavy (non-hydrogen) atoms. The van der Waals surface area contributed by atoms with Gasteiger partial charge in [-0.25, -0.2) is 4.79 Å². The maximum atomic E-state index is 10.8. The summed E-state index contributed by atoms with van der Waals surface area (Å²) in [5.74, 6) is 0. The predicted molar refractivity (Wildman–Crippen MR) is 61.3 cm³/mol. The number of nitrogens with zero attached hydrogens (tertiary/aromatic N) is 1. The quantitative estimate of drug-likeness (QED) is 0.797. The van der Waals surface area contributed by atoms with Crippen molar-refractivity contribution in [3.63, 3.8) is 0 Å². The van der Waals surface area contributed by atoms with Gasteiger partial charge < -0.3 is 10.0 Å². The normalized spacial score (nSPS) is 14.9. The lowest BCUT2D eigenvalue weighted by molar-refractivity contribution is 0.140. The highest BCUT2D eigenvalue weighted by molar-refractivity contribution is 9.10. The molecule has 0 aromatic heterocycles. The average Bonchev–Trinajstić information content (AvgIpc) is 2.16. The van der Waals surface area contributed by atoms with Gasteiger partial charge in [0, 0.05) is 16.0 Å². The summed E-state index contributed by atoms with van der Waals surface area (Å²) in [6.07, 6.45) is -0.150. The van der Waals surface area contributed by atoms with Crippen LogP contribution >= 0.6 is 27.5 Å². The van der Waals surface area contributed by atoms with E-state index in [4.69, 9.17) is 16.7 Å². The van der Waals surface area contributed by atoms with Gasteiger partial charge in [-0.05, 0) is 29.7 Å². The van der Waals surface area contributed by atoms with E-state index in [1.165, 1.54) is 4.90 Å². The second kappa shape index (κ2) is 4.02. The van der Waals surface area contributed by atoms with Crippen molar-refractivity contribution in [2.45, 2.75) is 13.0 Å². The largest absolute Gasteiger partial charge is 0.465 e. The highest BCUT2D eigenvalue weighted by Gasteiger charge is 2.21. The van der Waals surface area contributed by atoms with Crippen LogP contribution in [0.25, 0.3) is 0 Å². The summed E-state index contributed by atoms with van der Waals surface area (Å²) < 4.78 is 0.885. The first-order chi connectivity index (χ1) is 7.08. The molecule has 0 saturated heterocycles. The van der Waals surface area contributed by atoms with Crippen LogP contribution in [0.1, 0.15) is 11.1 Å². The molecular formula is C10H9BrClNO2. The second-order valence-electron chi connectivity index (χ2n) is 3.48. The number of halogens is 2. The highest BCUT2D eigenvalue weighted by Crippen LogP contribution is 2.30. The van der Waals surface area contributed by atoms with Crippen molar-refractivity contribution in [2.24, 2.45) is 0 Å². The lowest BCUT2D eigenvalue weighted by Gasteiger charge is -2.27. The molecule has 0 radical (unpaired) electrons. The zero-order chi connectivity index (χ0) is 11.0. The van der Waals surface area contributed by atoms with Gasteiger partial charge >= 0.3 is 6.09 Å². The van der Waals surface area contributed by atoms with Crippen LogP contribution in [0, 0.1) is 0 Å². The fraction of sp³-hybridized carbons (Fsp3) is 0.300. The summed E-state index contributed by atoms with van der Waals surface area (Å²) in [6.45, 7) is 0.970. The average molecular weight is 291 g/mol. The molecule has 0 unspecified atom stereocenters. The molecule has 1 aromatic rings. The molecule has 0 saturated carbocycles. The van der Waals surface area contributed by atoms with E-state index >= 15 is 0 Å². The third-order valence-corrected chi connectivity index (χ3v) is 3.45. The zero-order valence-corrected chi connectivity index (χ0v) is 10.2. The van der Waals surface area contributed by atoms with Crippen molar-refractivity contribution in [1.82, 2.24) is 4.90 Å². The van der Waals surface area contributed by atoms with Crippen LogP contribution in [0.4, 0.5) is 4.79 Å². The Balaban J connectivity index is 2.37. The van der Waals surface area contributed by atoms with Crippen molar-refractivity contribution in [3.8, 4) is 0 Å². The lowest BCUT2D eigenvalue weighted by atomic mass is 10.0. The lowest BCUT2D eigenvalue weighted by Crippen LogP contribution is -2.34. The Hall–Kier alpha value is -0.740. The number of carbonyl (C=O) groups is 1. The third-order valence-electron chi connectivity index (χ3n) is 2.52. The number of hydrogen-bond acceptors (Lipinski definition) is 1. The first-order valence-electron chi connectivity index (χ1n) is 4.52. The van der Waals surface area contributed by atoms with Gasteiger partial charge in [-0.15, -0.1) is 0 Å². The maximum absolute atomic E-state index is 10.8. The van der Waals surface area contributed by atoms with Crippen molar-refractivity contribution >= 4 is 33.6 Å². The van der Waals surface area contributed by atoms with Gasteiger partial charge in [0.2, 0.25) is 0 Å². The van der Waals surface area contributed by atoms with E-state index in [0.29, 0.717) is 18.1 Å². The monoisotopic (exact) mass is 289 g/mol. The van der Waals surface area contributed by atoms with E-state index in [-0.39, 0.29) is 0 Å². The zero-order valence-electron chi connectivity index (χ0n) is 7.83. The minimum absolute atomic E-state index is 0.433. The Bertz CT molecular complexity index is 422. The molecule has 1 aromatic carbocycles. The molecule has 1 heterocycles. The Morgan fingerprint density at radius 2 is 2.27 bits per heavy atom. The Labute approximate surface area is 101 Å². The van der Waals surface area contributed by atoms with Crippen LogP contribution in [0.15, 0.2) is 16.6 Å². The fourth-order valence-electron chi connectivity index (χ4n) is 1.75. The molecule has 1 N–H and O–H groups in total. The third kappa shape index (κ3) is 2.11. The molecule has 5 heteroatoms. The van der Waals surface area contributed by atoms with Crippen LogP contribution in [-0.2, 0) is 13.0 Å². The van der Waals surface area contributed by atoms with Gasteiger partial charge in [0.1, 0.15) is 0 Å². The van der Waals surface area contributed by atoms with Crippen LogP contribution in [-0.4, -0.2) is 22.6 Å². The molecule has 0 aliphatic carbocycles. The topological polar surface area (TPSA) is 40.5 Å². The summed E-state index contributed by atoms with van der Waals surface area (Å²) in [4.78, 5) is 12.2. The summed E-state index contributed by atoms with van der Waals surface area (Å²) in [6, 6.07) is 3.70. The smallest absolute Gasteiger partial charge is 0.407 e. The van der Waals surface area contributed by atoms with Crippen molar-refractivity contribution in [3.05, 3.63) is 32.8 Å². The van der Waals surface area contributed by atoms with Crippen LogP contribution < -0.4 is 0 Å². The standard InChI is InChI=1S/C10H9BrClNO2/c11-9-4-7(12)3-6-1-2-13(10(14)15)5-8(6)9/h3-4H,1-2,5H2,(H,14,15). The van der Waals surface area contributed by atoms with Crippen LogP contribution in [0.2, 0.25) is 5.02 Å². The summed E-state index contributed by atoms with van der Waals surface area (Å²) in [7, 11) is 0. The molecular weight excluding hydrogens is 281 g/mol. The van der Waals surface area contributed by atoms with Gasteiger partial charge in [0.15, 0.2) is 0 Å². The summed E-state index contributed by atoms with van der Waals surface area (Å²) in [5, 5.41) is 9.58. The van der Waals surface area contributed by atoms with Crippen LogP contribution in [0.3, 0.4) is 0 Å². The molecule has 0 bridgehead atoms.